The van der Waals surface area contributed by atoms with Gasteiger partial charge < -0.3 is 20.9 Å². The van der Waals surface area contributed by atoms with Gasteiger partial charge in [-0.25, -0.2) is 0 Å². The normalized spacial score (nSPS) is 12.1. The molecule has 1 unspecified atom stereocenters. The first kappa shape index (κ1) is 14.5. The van der Waals surface area contributed by atoms with Crippen LogP contribution in [0.5, 0.6) is 5.75 Å². The zero-order chi connectivity index (χ0) is 13.4. The first-order valence-electron chi connectivity index (χ1n) is 6.00. The molecule has 1 atom stereocenters. The molecule has 5 nitrogen and oxygen atoms in total. The largest absolute Gasteiger partial charge is 0.491 e. The van der Waals surface area contributed by atoms with Crippen LogP contribution in [0.15, 0.2) is 24.3 Å². The average Bonchev–Trinajstić information content (AvgIpc) is 2.36. The lowest BCUT2D eigenvalue weighted by molar-refractivity contribution is -0.117. The van der Waals surface area contributed by atoms with Gasteiger partial charge in [-0.2, -0.15) is 0 Å². The molecule has 0 fully saturated rings. The standard InChI is InChI=1S/C13H20N2O3/c1-2-10-4-3-5-12(6-10)18-9-11(16)7-15-8-13(14)17/h3-6,11,15-16H,2,7-9H2,1H3,(H2,14,17). The van der Waals surface area contributed by atoms with Gasteiger partial charge in [0.15, 0.2) is 0 Å². The molecule has 0 radical (unpaired) electrons. The van der Waals surface area contributed by atoms with E-state index >= 15 is 0 Å². The zero-order valence-corrected chi connectivity index (χ0v) is 10.6. The molecule has 0 aromatic heterocycles. The number of nitrogens with one attached hydrogen (secondary N) is 1. The summed E-state index contributed by atoms with van der Waals surface area (Å²) < 4.78 is 5.46. The van der Waals surface area contributed by atoms with E-state index in [9.17, 15) is 9.90 Å². The van der Waals surface area contributed by atoms with Gasteiger partial charge >= 0.3 is 0 Å². The van der Waals surface area contributed by atoms with Crippen LogP contribution in [0.3, 0.4) is 0 Å². The molecule has 0 bridgehead atoms. The predicted molar refractivity (Wildman–Crippen MR) is 69.4 cm³/mol. The summed E-state index contributed by atoms with van der Waals surface area (Å²) in [4.78, 5) is 10.5. The summed E-state index contributed by atoms with van der Waals surface area (Å²) in [6.45, 7) is 2.58. The van der Waals surface area contributed by atoms with Gasteiger partial charge in [0.25, 0.3) is 0 Å². The lowest BCUT2D eigenvalue weighted by Crippen LogP contribution is -2.36. The Morgan fingerprint density at radius 2 is 2.33 bits per heavy atom. The molecular weight excluding hydrogens is 232 g/mol. The van der Waals surface area contributed by atoms with Crippen molar-refractivity contribution in [3.05, 3.63) is 29.8 Å². The molecule has 0 saturated carbocycles. The van der Waals surface area contributed by atoms with Gasteiger partial charge in [0, 0.05) is 6.54 Å². The van der Waals surface area contributed by atoms with Crippen LogP contribution < -0.4 is 15.8 Å². The number of hydrogen-bond donors (Lipinski definition) is 3. The van der Waals surface area contributed by atoms with Crippen LogP contribution in [-0.2, 0) is 11.2 Å². The van der Waals surface area contributed by atoms with Crippen molar-refractivity contribution in [1.82, 2.24) is 5.32 Å². The Morgan fingerprint density at radius 3 is 3.00 bits per heavy atom. The minimum atomic E-state index is -0.672. The molecule has 1 aromatic carbocycles. The highest BCUT2D eigenvalue weighted by molar-refractivity contribution is 5.75. The van der Waals surface area contributed by atoms with Crippen molar-refractivity contribution in [2.75, 3.05) is 19.7 Å². The third-order valence-corrected chi connectivity index (χ3v) is 2.43. The molecule has 4 N–H and O–H groups in total. The van der Waals surface area contributed by atoms with E-state index in [1.807, 2.05) is 24.3 Å². The topological polar surface area (TPSA) is 84.6 Å². The number of aliphatic hydroxyl groups excluding tert-OH is 1. The Bertz CT molecular complexity index is 382. The van der Waals surface area contributed by atoms with Crippen molar-refractivity contribution in [3.8, 4) is 5.75 Å². The van der Waals surface area contributed by atoms with Gasteiger partial charge in [-0.1, -0.05) is 19.1 Å². The number of benzene rings is 1. The first-order valence-corrected chi connectivity index (χ1v) is 6.00. The van der Waals surface area contributed by atoms with Gasteiger partial charge in [0.2, 0.25) is 5.91 Å². The lowest BCUT2D eigenvalue weighted by Gasteiger charge is -2.13. The van der Waals surface area contributed by atoms with Crippen molar-refractivity contribution in [2.45, 2.75) is 19.4 Å². The fourth-order valence-electron chi connectivity index (χ4n) is 1.47. The number of rotatable bonds is 8. The number of aliphatic hydroxyl groups is 1. The Labute approximate surface area is 107 Å². The molecule has 0 aliphatic heterocycles. The van der Waals surface area contributed by atoms with Crippen LogP contribution in [0.25, 0.3) is 0 Å². The monoisotopic (exact) mass is 252 g/mol. The van der Waals surface area contributed by atoms with Crippen molar-refractivity contribution in [1.29, 1.82) is 0 Å². The van der Waals surface area contributed by atoms with Crippen LogP contribution >= 0.6 is 0 Å². The van der Waals surface area contributed by atoms with Crippen LogP contribution in [0.1, 0.15) is 12.5 Å². The van der Waals surface area contributed by atoms with Gasteiger partial charge in [-0.15, -0.1) is 0 Å². The minimum Gasteiger partial charge on any atom is -0.491 e. The van der Waals surface area contributed by atoms with Crippen LogP contribution in [0.2, 0.25) is 0 Å². The quantitative estimate of drug-likeness (QED) is 0.611. The average molecular weight is 252 g/mol. The van der Waals surface area contributed by atoms with Crippen molar-refractivity contribution < 1.29 is 14.6 Å². The molecule has 0 heterocycles. The molecule has 18 heavy (non-hydrogen) atoms. The number of ether oxygens (including phenoxy) is 1. The second-order valence-corrected chi connectivity index (χ2v) is 4.06. The lowest BCUT2D eigenvalue weighted by atomic mass is 10.2. The number of carbonyl (C=O) groups excluding carboxylic acids is 1. The molecule has 5 heteroatoms. The maximum absolute atomic E-state index is 10.5. The maximum atomic E-state index is 10.5. The van der Waals surface area contributed by atoms with Gasteiger partial charge in [0.05, 0.1) is 6.54 Å². The Kier molecular flexibility index (Phi) is 6.18. The van der Waals surface area contributed by atoms with Crippen LogP contribution in [0.4, 0.5) is 0 Å². The summed E-state index contributed by atoms with van der Waals surface area (Å²) in [5.74, 6) is 0.294. The summed E-state index contributed by atoms with van der Waals surface area (Å²) in [7, 11) is 0. The number of amides is 1. The first-order chi connectivity index (χ1) is 8.61. The van der Waals surface area contributed by atoms with E-state index in [1.165, 1.54) is 5.56 Å². The van der Waals surface area contributed by atoms with E-state index in [4.69, 9.17) is 10.5 Å². The van der Waals surface area contributed by atoms with E-state index in [0.29, 0.717) is 0 Å². The van der Waals surface area contributed by atoms with Gasteiger partial charge in [-0.05, 0) is 24.1 Å². The fourth-order valence-corrected chi connectivity index (χ4v) is 1.47. The Hall–Kier alpha value is -1.59. The SMILES string of the molecule is CCc1cccc(OCC(O)CNCC(N)=O)c1. The van der Waals surface area contributed by atoms with E-state index in [0.717, 1.165) is 12.2 Å². The van der Waals surface area contributed by atoms with E-state index < -0.39 is 12.0 Å². The summed E-state index contributed by atoms with van der Waals surface area (Å²) in [5.41, 5.74) is 6.15. The molecule has 0 saturated heterocycles. The maximum Gasteiger partial charge on any atom is 0.231 e. The van der Waals surface area contributed by atoms with E-state index in [-0.39, 0.29) is 19.7 Å². The van der Waals surface area contributed by atoms with Crippen LogP contribution in [0, 0.1) is 0 Å². The second-order valence-electron chi connectivity index (χ2n) is 4.06. The van der Waals surface area contributed by atoms with Crippen molar-refractivity contribution in [2.24, 2.45) is 5.73 Å². The number of carbonyl (C=O) groups is 1. The van der Waals surface area contributed by atoms with Crippen molar-refractivity contribution >= 4 is 5.91 Å². The summed E-state index contributed by atoms with van der Waals surface area (Å²) >= 11 is 0. The second kappa shape index (κ2) is 7.68. The van der Waals surface area contributed by atoms with Crippen molar-refractivity contribution in [3.63, 3.8) is 0 Å². The molecule has 1 rings (SSSR count). The van der Waals surface area contributed by atoms with Crippen LogP contribution in [-0.4, -0.2) is 36.8 Å². The Balaban J connectivity index is 2.28. The number of primary amides is 1. The highest BCUT2D eigenvalue weighted by Gasteiger charge is 2.05. The third kappa shape index (κ3) is 5.65. The highest BCUT2D eigenvalue weighted by atomic mass is 16.5. The van der Waals surface area contributed by atoms with Gasteiger partial charge in [0.1, 0.15) is 18.5 Å². The molecule has 1 amide bonds. The van der Waals surface area contributed by atoms with E-state index in [2.05, 4.69) is 12.2 Å². The summed E-state index contributed by atoms with van der Waals surface area (Å²) in [5, 5.41) is 12.3. The predicted octanol–water partition coefficient (Wildman–Crippen LogP) is 0.0636. The van der Waals surface area contributed by atoms with E-state index in [1.54, 1.807) is 0 Å². The zero-order valence-electron chi connectivity index (χ0n) is 10.6. The molecular formula is C13H20N2O3. The highest BCUT2D eigenvalue weighted by Crippen LogP contribution is 2.13. The smallest absolute Gasteiger partial charge is 0.231 e. The molecule has 0 aliphatic rings. The number of hydrogen-bond acceptors (Lipinski definition) is 4. The minimum absolute atomic E-state index is 0.0579. The number of nitrogens with two attached hydrogens (primary N) is 1. The Morgan fingerprint density at radius 1 is 1.56 bits per heavy atom. The fraction of sp³-hybridized carbons (Fsp3) is 0.462. The molecule has 1 aromatic rings. The van der Waals surface area contributed by atoms with Gasteiger partial charge in [-0.3, -0.25) is 4.79 Å². The molecule has 100 valence electrons. The summed E-state index contributed by atoms with van der Waals surface area (Å²) in [6.07, 6.45) is 0.273. The molecule has 0 aliphatic carbocycles. The third-order valence-electron chi connectivity index (χ3n) is 2.43. The summed E-state index contributed by atoms with van der Waals surface area (Å²) in [6, 6.07) is 7.75. The number of aryl methyl sites for hydroxylation is 1. The molecule has 0 spiro atoms.